The summed E-state index contributed by atoms with van der Waals surface area (Å²) in [5.41, 5.74) is -1.94. The zero-order valence-corrected chi connectivity index (χ0v) is 28.3. The second-order valence-corrected chi connectivity index (χ2v) is 10.5. The predicted molar refractivity (Wildman–Crippen MR) is 188 cm³/mol. The van der Waals surface area contributed by atoms with Crippen molar-refractivity contribution in [3.05, 3.63) is 149 Å². The van der Waals surface area contributed by atoms with Crippen molar-refractivity contribution in [1.82, 2.24) is 19.6 Å². The number of para-hydroxylation sites is 4. The van der Waals surface area contributed by atoms with Crippen LogP contribution in [0, 0.1) is 40.5 Å². The fourth-order valence-electron chi connectivity index (χ4n) is 4.59. The molecule has 1 radical (unpaired) electrons. The number of nitrogens with zero attached hydrogens (tertiary/aromatic N) is 10. The van der Waals surface area contributed by atoms with Gasteiger partial charge in [-0.25, -0.2) is 0 Å². The number of non-ortho nitro benzene ring substituents is 1. The Balaban J connectivity index is 0.000000246. The average Bonchev–Trinajstić information content (AvgIpc) is 3.67. The van der Waals surface area contributed by atoms with Gasteiger partial charge in [-0.3, -0.25) is 30.2 Å². The third-order valence-electron chi connectivity index (χ3n) is 7.11. The molecule has 23 heteroatoms. The summed E-state index contributed by atoms with van der Waals surface area (Å²) in [5, 5.41) is 92.4. The summed E-state index contributed by atoms with van der Waals surface area (Å²) in [6, 6.07) is 24.0. The first-order chi connectivity index (χ1) is 25.8. The molecule has 281 valence electrons. The second kappa shape index (κ2) is 17.0. The van der Waals surface area contributed by atoms with Crippen molar-refractivity contribution in [2.75, 3.05) is 0 Å². The van der Waals surface area contributed by atoms with Crippen LogP contribution in [0.4, 0.5) is 34.4 Å². The molecule has 0 aliphatic heterocycles. The Morgan fingerprint density at radius 3 is 1.42 bits per heavy atom. The minimum Gasteiger partial charge on any atom is -0.506 e. The van der Waals surface area contributed by atoms with Crippen molar-refractivity contribution in [1.29, 1.82) is 0 Å². The fraction of sp³-hybridized carbons (Fsp3) is 0. The second-order valence-electron chi connectivity index (χ2n) is 10.5. The molecule has 2 aromatic heterocycles. The predicted octanol–water partition coefficient (Wildman–Crippen LogP) is 5.70. The van der Waals surface area contributed by atoms with Crippen molar-refractivity contribution in [2.45, 2.75) is 0 Å². The van der Waals surface area contributed by atoms with Crippen LogP contribution in [0.3, 0.4) is 0 Å². The number of aromatic nitrogens is 4. The van der Waals surface area contributed by atoms with Crippen LogP contribution in [0.15, 0.2) is 107 Å². The Morgan fingerprint density at radius 2 is 1.00 bits per heavy atom. The molecular weight excluding hydrogens is 775 g/mol. The minimum absolute atomic E-state index is 0. The molecule has 0 aliphatic rings. The van der Waals surface area contributed by atoms with Crippen LogP contribution < -0.4 is 0 Å². The van der Waals surface area contributed by atoms with Crippen LogP contribution in [0.2, 0.25) is 0 Å². The Morgan fingerprint density at radius 1 is 0.564 bits per heavy atom. The topological polar surface area (TPSA) is 314 Å². The zero-order valence-electron chi connectivity index (χ0n) is 27.3. The summed E-state index contributed by atoms with van der Waals surface area (Å²) in [4.78, 5) is 48.6. The molecule has 55 heavy (non-hydrogen) atoms. The van der Waals surface area contributed by atoms with E-state index in [9.17, 15) is 60.9 Å². The maximum absolute atomic E-state index is 11.3. The first kappa shape index (κ1) is 39.7. The van der Waals surface area contributed by atoms with Gasteiger partial charge in [-0.2, -0.15) is 0 Å². The molecule has 0 fully saturated rings. The van der Waals surface area contributed by atoms with Crippen LogP contribution in [-0.2, 0) is 16.8 Å². The Kier molecular flexibility index (Phi) is 12.3. The molecule has 0 amide bonds. The molecule has 0 aliphatic carbocycles. The van der Waals surface area contributed by atoms with Crippen molar-refractivity contribution in [3.8, 4) is 34.6 Å². The van der Waals surface area contributed by atoms with E-state index >= 15 is 0 Å². The molecule has 6 rings (SSSR count). The number of nitro benzene ring substituents is 2. The van der Waals surface area contributed by atoms with Gasteiger partial charge < -0.3 is 40.7 Å². The smallest absolute Gasteiger partial charge is 0.403 e. The summed E-state index contributed by atoms with van der Waals surface area (Å²) in [6.07, 6.45) is 1.83. The van der Waals surface area contributed by atoms with Crippen molar-refractivity contribution in [2.24, 2.45) is 9.98 Å². The molecule has 0 saturated carbocycles. The number of aromatic hydroxyl groups is 4. The van der Waals surface area contributed by atoms with Crippen molar-refractivity contribution >= 4 is 46.8 Å². The van der Waals surface area contributed by atoms with Gasteiger partial charge in [0, 0.05) is 35.3 Å². The van der Waals surface area contributed by atoms with Gasteiger partial charge in [0.2, 0.25) is 5.75 Å². The molecule has 0 saturated heterocycles. The van der Waals surface area contributed by atoms with Crippen LogP contribution in [-0.4, -0.2) is 72.1 Å². The first-order valence-electron chi connectivity index (χ1n) is 14.8. The van der Waals surface area contributed by atoms with Gasteiger partial charge in [-0.05, 0) is 46.2 Å². The van der Waals surface area contributed by atoms with E-state index in [1.807, 2.05) is 0 Å². The van der Waals surface area contributed by atoms with Gasteiger partial charge in [0.1, 0.15) is 17.1 Å². The van der Waals surface area contributed by atoms with Crippen LogP contribution in [0.5, 0.6) is 23.3 Å². The van der Waals surface area contributed by atoms with E-state index in [2.05, 4.69) is 20.2 Å². The molecule has 2 heterocycles. The van der Waals surface area contributed by atoms with Crippen LogP contribution in [0.1, 0.15) is 11.1 Å². The van der Waals surface area contributed by atoms with Gasteiger partial charge in [0.05, 0.1) is 37.5 Å². The van der Waals surface area contributed by atoms with E-state index in [0.29, 0.717) is 17.4 Å². The number of aliphatic imine (C=N–C) groups is 2. The van der Waals surface area contributed by atoms with Crippen molar-refractivity contribution < 1.29 is 56.9 Å². The number of rotatable bonds is 10. The van der Waals surface area contributed by atoms with Crippen LogP contribution in [0.25, 0.3) is 11.4 Å². The summed E-state index contributed by atoms with van der Waals surface area (Å²) in [6.45, 7) is 0. The van der Waals surface area contributed by atoms with Crippen LogP contribution >= 0.6 is 0 Å². The third-order valence-corrected chi connectivity index (χ3v) is 7.11. The molecule has 0 bridgehead atoms. The molecule has 0 spiro atoms. The molecule has 22 nitrogen and oxygen atoms in total. The summed E-state index contributed by atoms with van der Waals surface area (Å²) >= 11 is 0. The maximum Gasteiger partial charge on any atom is 0.403 e. The molecule has 4 N–H and O–H groups in total. The third kappa shape index (κ3) is 8.71. The monoisotopic (exact) mass is 797 g/mol. The number of hydrogen-bond donors (Lipinski definition) is 4. The molecule has 4 aromatic carbocycles. The normalized spacial score (nSPS) is 10.8. The zero-order chi connectivity index (χ0) is 39.1. The molecule has 0 atom stereocenters. The molecular formula is C32H22CoN10O12. The Hall–Kier alpha value is -8.05. The standard InChI is InChI=1S/C16H10N6O8.C16H12N4O4.Co/c23-14-12(6-10(20(25)26)7-13(14)21(27)28)17-8-11-15(22(29)30)18-19(16(11)24)9-4-2-1-3-5-9;21-14-9-5-4-8-13(14)17-10-12-15(20(23)24)18-19(16(12)22)11-6-2-1-3-7-11;/h1-8,23-24H;1-10,21-22H;. The van der Waals surface area contributed by atoms with Gasteiger partial charge in [-0.1, -0.05) is 48.5 Å². The summed E-state index contributed by atoms with van der Waals surface area (Å²) < 4.78 is 1.93. The number of phenols is 2. The van der Waals surface area contributed by atoms with E-state index in [-0.39, 0.29) is 33.8 Å². The fourth-order valence-corrected chi connectivity index (χ4v) is 4.59. The Labute approximate surface area is 316 Å². The number of nitro groups is 4. The largest absolute Gasteiger partial charge is 0.506 e. The molecule has 0 unspecified atom stereocenters. The SMILES string of the molecule is O=[N+]([O-])c1cc(N=Cc2c([N+](=O)[O-])nn(-c3ccccc3)c2O)c(O)c([N+](=O)[O-])c1.O=[N+]([O-])c1nn(-c2ccccc2)c(O)c1C=Nc1ccccc1O.[Co]. The van der Waals surface area contributed by atoms with Gasteiger partial charge in [0.15, 0.2) is 11.1 Å². The quantitative estimate of drug-likeness (QED) is 0.0734. The maximum atomic E-state index is 11.3. The Bertz CT molecular complexity index is 2470. The number of hydrogen-bond acceptors (Lipinski definition) is 16. The summed E-state index contributed by atoms with van der Waals surface area (Å²) in [5.74, 6) is -3.47. The number of phenolic OH excluding ortho intramolecular Hbond substituents is 2. The van der Waals surface area contributed by atoms with E-state index in [1.165, 1.54) is 24.3 Å². The van der Waals surface area contributed by atoms with E-state index < -0.39 is 71.5 Å². The van der Waals surface area contributed by atoms with E-state index in [0.717, 1.165) is 27.9 Å². The average molecular weight is 798 g/mol. The van der Waals surface area contributed by atoms with Crippen molar-refractivity contribution in [3.63, 3.8) is 0 Å². The van der Waals surface area contributed by atoms with Gasteiger partial charge in [0.25, 0.3) is 17.4 Å². The van der Waals surface area contributed by atoms with E-state index in [1.54, 1.807) is 60.7 Å². The minimum atomic E-state index is -1.05. The van der Waals surface area contributed by atoms with Gasteiger partial charge >= 0.3 is 17.3 Å². The van der Waals surface area contributed by atoms with Gasteiger partial charge in [-0.15, -0.1) is 9.36 Å². The first-order valence-corrected chi connectivity index (χ1v) is 14.8. The summed E-state index contributed by atoms with van der Waals surface area (Å²) in [7, 11) is 0. The number of benzene rings is 4. The molecule has 6 aromatic rings. The van der Waals surface area contributed by atoms with E-state index in [4.69, 9.17) is 0 Å².